The maximum absolute atomic E-state index is 11.4. The minimum absolute atomic E-state index is 0.0263. The zero-order valence-corrected chi connectivity index (χ0v) is 10.2. The molecule has 0 aromatic carbocycles. The molecule has 0 fully saturated rings. The van der Waals surface area contributed by atoms with Gasteiger partial charge in [-0.1, -0.05) is 25.4 Å². The van der Waals surface area contributed by atoms with E-state index in [1.54, 1.807) is 18.3 Å². The molecular weight excluding hydrogens is 226 g/mol. The van der Waals surface area contributed by atoms with Gasteiger partial charge in [0, 0.05) is 18.4 Å². The Morgan fingerprint density at radius 1 is 1.56 bits per heavy atom. The second-order valence-electron chi connectivity index (χ2n) is 3.92. The Morgan fingerprint density at radius 2 is 2.31 bits per heavy atom. The van der Waals surface area contributed by atoms with E-state index in [-0.39, 0.29) is 12.5 Å². The fourth-order valence-electron chi connectivity index (χ4n) is 1.08. The van der Waals surface area contributed by atoms with E-state index in [0.29, 0.717) is 17.6 Å². The second-order valence-corrected chi connectivity index (χ2v) is 4.31. The van der Waals surface area contributed by atoms with E-state index < -0.39 is 0 Å². The van der Waals surface area contributed by atoms with Gasteiger partial charge in [-0.3, -0.25) is 4.79 Å². The molecule has 0 aliphatic heterocycles. The zero-order chi connectivity index (χ0) is 12.0. The summed E-state index contributed by atoms with van der Waals surface area (Å²) in [6.45, 7) is 5.04. The van der Waals surface area contributed by atoms with Gasteiger partial charge in [-0.05, 0) is 18.1 Å². The molecule has 16 heavy (non-hydrogen) atoms. The minimum Gasteiger partial charge on any atom is -0.376 e. The first-order valence-electron chi connectivity index (χ1n) is 5.20. The van der Waals surface area contributed by atoms with Crippen molar-refractivity contribution >= 4 is 23.2 Å². The molecule has 1 rings (SSSR count). The first-order valence-corrected chi connectivity index (χ1v) is 5.58. The van der Waals surface area contributed by atoms with E-state index in [0.717, 1.165) is 5.69 Å². The molecule has 0 saturated carbocycles. The molecule has 1 amide bonds. The molecule has 2 N–H and O–H groups in total. The molecule has 1 heterocycles. The highest BCUT2D eigenvalue weighted by Crippen LogP contribution is 2.11. The standard InChI is InChI=1S/C11H16ClN3O/c1-8(2)6-15-11(16)7-14-9-3-4-13-10(12)5-9/h3-5,8H,6-7H2,1-2H3,(H,13,14)(H,15,16). The third kappa shape index (κ3) is 4.98. The summed E-state index contributed by atoms with van der Waals surface area (Å²) in [6.07, 6.45) is 1.59. The molecule has 5 heteroatoms. The Bertz CT molecular complexity index is 355. The number of pyridine rings is 1. The summed E-state index contributed by atoms with van der Waals surface area (Å²) in [5.74, 6) is 0.431. The Hall–Kier alpha value is -1.29. The lowest BCUT2D eigenvalue weighted by molar-refractivity contribution is -0.119. The molecule has 0 radical (unpaired) electrons. The summed E-state index contributed by atoms with van der Waals surface area (Å²) >= 11 is 5.71. The van der Waals surface area contributed by atoms with Crippen LogP contribution in [0.1, 0.15) is 13.8 Å². The van der Waals surface area contributed by atoms with Crippen LogP contribution in [0.25, 0.3) is 0 Å². The van der Waals surface area contributed by atoms with Crippen LogP contribution in [0.2, 0.25) is 5.15 Å². The van der Waals surface area contributed by atoms with E-state index in [1.807, 2.05) is 0 Å². The first-order chi connectivity index (χ1) is 7.58. The fraction of sp³-hybridized carbons (Fsp3) is 0.455. The summed E-state index contributed by atoms with van der Waals surface area (Å²) in [5.41, 5.74) is 0.791. The van der Waals surface area contributed by atoms with Crippen LogP contribution < -0.4 is 10.6 Å². The van der Waals surface area contributed by atoms with Gasteiger partial charge in [0.05, 0.1) is 6.54 Å². The third-order valence-electron chi connectivity index (χ3n) is 1.89. The van der Waals surface area contributed by atoms with Crippen LogP contribution in [0.5, 0.6) is 0 Å². The van der Waals surface area contributed by atoms with Crippen molar-refractivity contribution in [2.75, 3.05) is 18.4 Å². The van der Waals surface area contributed by atoms with Crippen molar-refractivity contribution in [2.45, 2.75) is 13.8 Å². The molecule has 0 spiro atoms. The molecule has 0 aliphatic rings. The third-order valence-corrected chi connectivity index (χ3v) is 2.09. The number of nitrogens with one attached hydrogen (secondary N) is 2. The van der Waals surface area contributed by atoms with Gasteiger partial charge in [0.1, 0.15) is 5.15 Å². The van der Waals surface area contributed by atoms with Gasteiger partial charge < -0.3 is 10.6 Å². The van der Waals surface area contributed by atoms with Crippen molar-refractivity contribution < 1.29 is 4.79 Å². The van der Waals surface area contributed by atoms with Gasteiger partial charge in [-0.15, -0.1) is 0 Å². The van der Waals surface area contributed by atoms with Crippen LogP contribution in [0.4, 0.5) is 5.69 Å². The highest BCUT2D eigenvalue weighted by atomic mass is 35.5. The van der Waals surface area contributed by atoms with Crippen LogP contribution in [0, 0.1) is 5.92 Å². The molecule has 0 aliphatic carbocycles. The molecule has 0 saturated heterocycles. The lowest BCUT2D eigenvalue weighted by Crippen LogP contribution is -2.32. The van der Waals surface area contributed by atoms with Crippen molar-refractivity contribution in [1.29, 1.82) is 0 Å². The van der Waals surface area contributed by atoms with E-state index in [2.05, 4.69) is 29.5 Å². The average Bonchev–Trinajstić information content (AvgIpc) is 2.23. The average molecular weight is 242 g/mol. The van der Waals surface area contributed by atoms with Gasteiger partial charge in [0.25, 0.3) is 0 Å². The largest absolute Gasteiger partial charge is 0.376 e. The number of aromatic nitrogens is 1. The predicted molar refractivity (Wildman–Crippen MR) is 65.6 cm³/mol. The van der Waals surface area contributed by atoms with Crippen LogP contribution >= 0.6 is 11.6 Å². The van der Waals surface area contributed by atoms with Crippen molar-refractivity contribution in [3.05, 3.63) is 23.5 Å². The molecule has 0 bridgehead atoms. The van der Waals surface area contributed by atoms with Gasteiger partial charge in [0.2, 0.25) is 5.91 Å². The Balaban J connectivity index is 2.31. The van der Waals surface area contributed by atoms with E-state index >= 15 is 0 Å². The van der Waals surface area contributed by atoms with Crippen LogP contribution in [0.15, 0.2) is 18.3 Å². The van der Waals surface area contributed by atoms with Crippen molar-refractivity contribution in [1.82, 2.24) is 10.3 Å². The number of amides is 1. The quantitative estimate of drug-likeness (QED) is 0.775. The summed E-state index contributed by atoms with van der Waals surface area (Å²) in [4.78, 5) is 15.2. The van der Waals surface area contributed by atoms with Gasteiger partial charge in [-0.2, -0.15) is 0 Å². The Kier molecular flexibility index (Phi) is 5.05. The molecule has 88 valence electrons. The maximum Gasteiger partial charge on any atom is 0.239 e. The SMILES string of the molecule is CC(C)CNC(=O)CNc1ccnc(Cl)c1. The van der Waals surface area contributed by atoms with Crippen LogP contribution in [-0.4, -0.2) is 24.0 Å². The van der Waals surface area contributed by atoms with Gasteiger partial charge in [0.15, 0.2) is 0 Å². The highest BCUT2D eigenvalue weighted by Gasteiger charge is 2.02. The fourth-order valence-corrected chi connectivity index (χ4v) is 1.25. The zero-order valence-electron chi connectivity index (χ0n) is 9.46. The summed E-state index contributed by atoms with van der Waals surface area (Å²) < 4.78 is 0. The molecule has 4 nitrogen and oxygen atoms in total. The van der Waals surface area contributed by atoms with Crippen molar-refractivity contribution in [2.24, 2.45) is 5.92 Å². The van der Waals surface area contributed by atoms with E-state index in [1.165, 1.54) is 0 Å². The number of hydrogen-bond acceptors (Lipinski definition) is 3. The van der Waals surface area contributed by atoms with Crippen molar-refractivity contribution in [3.8, 4) is 0 Å². The number of halogens is 1. The number of hydrogen-bond donors (Lipinski definition) is 2. The minimum atomic E-state index is -0.0263. The molecule has 1 aromatic heterocycles. The van der Waals surface area contributed by atoms with Crippen molar-refractivity contribution in [3.63, 3.8) is 0 Å². The van der Waals surface area contributed by atoms with E-state index in [9.17, 15) is 4.79 Å². The predicted octanol–water partition coefficient (Wildman–Crippen LogP) is 1.92. The second kappa shape index (κ2) is 6.33. The summed E-state index contributed by atoms with van der Waals surface area (Å²) in [7, 11) is 0. The summed E-state index contributed by atoms with van der Waals surface area (Å²) in [6, 6.07) is 3.44. The number of carbonyl (C=O) groups excluding carboxylic acids is 1. The number of nitrogens with zero attached hydrogens (tertiary/aromatic N) is 1. The van der Waals surface area contributed by atoms with Gasteiger partial charge in [-0.25, -0.2) is 4.98 Å². The Labute approximate surface area is 100 Å². The van der Waals surface area contributed by atoms with Crippen LogP contribution in [-0.2, 0) is 4.79 Å². The first kappa shape index (κ1) is 12.8. The lowest BCUT2D eigenvalue weighted by atomic mass is 10.2. The molecule has 1 aromatic rings. The lowest BCUT2D eigenvalue weighted by Gasteiger charge is -2.09. The van der Waals surface area contributed by atoms with Gasteiger partial charge >= 0.3 is 0 Å². The smallest absolute Gasteiger partial charge is 0.239 e. The molecule has 0 atom stereocenters. The maximum atomic E-state index is 11.4. The number of anilines is 1. The van der Waals surface area contributed by atoms with Crippen LogP contribution in [0.3, 0.4) is 0 Å². The molecular formula is C11H16ClN3O. The molecule has 0 unspecified atom stereocenters. The number of rotatable bonds is 5. The summed E-state index contributed by atoms with van der Waals surface area (Å²) in [5, 5.41) is 6.20. The Morgan fingerprint density at radius 3 is 2.94 bits per heavy atom. The highest BCUT2D eigenvalue weighted by molar-refractivity contribution is 6.29. The monoisotopic (exact) mass is 241 g/mol. The normalized spacial score (nSPS) is 10.2. The topological polar surface area (TPSA) is 54.0 Å². The number of carbonyl (C=O) groups is 1. The van der Waals surface area contributed by atoms with E-state index in [4.69, 9.17) is 11.6 Å².